The van der Waals surface area contributed by atoms with Gasteiger partial charge in [-0.05, 0) is 27.8 Å². The van der Waals surface area contributed by atoms with Crippen LogP contribution in [0.15, 0.2) is 12.7 Å². The van der Waals surface area contributed by atoms with Crippen LogP contribution in [-0.2, 0) is 4.79 Å². The maximum atomic E-state index is 11.4. The summed E-state index contributed by atoms with van der Waals surface area (Å²) in [6.45, 7) is 9.13. The van der Waals surface area contributed by atoms with Crippen LogP contribution in [-0.4, -0.2) is 24.5 Å². The summed E-state index contributed by atoms with van der Waals surface area (Å²) in [6.07, 6.45) is 1.70. The van der Waals surface area contributed by atoms with Crippen LogP contribution in [0, 0.1) is 0 Å². The number of amides is 1. The first-order chi connectivity index (χ1) is 5.44. The first-order valence-corrected chi connectivity index (χ1v) is 4.06. The van der Waals surface area contributed by atoms with Crippen LogP contribution in [0.1, 0.15) is 20.8 Å². The highest BCUT2D eigenvalue weighted by Gasteiger charge is 2.25. The van der Waals surface area contributed by atoms with Crippen molar-refractivity contribution in [2.75, 3.05) is 7.05 Å². The van der Waals surface area contributed by atoms with Gasteiger partial charge in [0, 0.05) is 6.04 Å². The molecule has 0 heterocycles. The van der Waals surface area contributed by atoms with Crippen LogP contribution in [0.4, 0.5) is 0 Å². The molecule has 0 saturated heterocycles. The smallest absolute Gasteiger partial charge is 0.240 e. The Morgan fingerprint density at radius 2 is 2.08 bits per heavy atom. The highest BCUT2D eigenvalue weighted by atomic mass is 16.2. The fourth-order valence-electron chi connectivity index (χ4n) is 0.560. The Labute approximate surface area is 74.2 Å². The summed E-state index contributed by atoms with van der Waals surface area (Å²) < 4.78 is 0. The first-order valence-electron chi connectivity index (χ1n) is 4.06. The molecule has 1 atom stereocenters. The van der Waals surface area contributed by atoms with Crippen molar-refractivity contribution in [1.82, 2.24) is 10.6 Å². The molecule has 0 aliphatic rings. The van der Waals surface area contributed by atoms with Crippen molar-refractivity contribution in [2.24, 2.45) is 0 Å². The molecule has 1 unspecified atom stereocenters. The zero-order valence-electron chi connectivity index (χ0n) is 8.27. The van der Waals surface area contributed by atoms with Gasteiger partial charge in [0.15, 0.2) is 0 Å². The molecule has 0 aliphatic heterocycles. The average Bonchev–Trinajstić information content (AvgIpc) is 2.04. The SMILES string of the molecule is C=CC(C)NC(=O)C(C)(C)NC. The maximum absolute atomic E-state index is 11.4. The minimum Gasteiger partial charge on any atom is -0.349 e. The van der Waals surface area contributed by atoms with E-state index in [2.05, 4.69) is 17.2 Å². The standard InChI is InChI=1S/C9H18N2O/c1-6-7(2)11-8(12)9(3,4)10-5/h6-7,10H,1H2,2-5H3,(H,11,12). The second kappa shape index (κ2) is 4.26. The summed E-state index contributed by atoms with van der Waals surface area (Å²) in [4.78, 5) is 11.4. The van der Waals surface area contributed by atoms with Crippen LogP contribution >= 0.6 is 0 Å². The number of hydrogen-bond acceptors (Lipinski definition) is 2. The number of rotatable bonds is 4. The average molecular weight is 170 g/mol. The topological polar surface area (TPSA) is 41.1 Å². The third kappa shape index (κ3) is 3.05. The molecule has 0 fully saturated rings. The number of carbonyl (C=O) groups is 1. The highest BCUT2D eigenvalue weighted by molar-refractivity contribution is 5.85. The van der Waals surface area contributed by atoms with Gasteiger partial charge in [-0.25, -0.2) is 0 Å². The lowest BCUT2D eigenvalue weighted by atomic mass is 10.0. The van der Waals surface area contributed by atoms with E-state index in [9.17, 15) is 4.79 Å². The largest absolute Gasteiger partial charge is 0.349 e. The summed E-state index contributed by atoms with van der Waals surface area (Å²) >= 11 is 0. The molecule has 0 aromatic heterocycles. The lowest BCUT2D eigenvalue weighted by Gasteiger charge is -2.24. The van der Waals surface area contributed by atoms with Gasteiger partial charge in [-0.3, -0.25) is 4.79 Å². The van der Waals surface area contributed by atoms with Crippen LogP contribution in [0.5, 0.6) is 0 Å². The molecule has 3 heteroatoms. The van der Waals surface area contributed by atoms with Crippen molar-refractivity contribution in [2.45, 2.75) is 32.4 Å². The van der Waals surface area contributed by atoms with E-state index in [0.29, 0.717) is 0 Å². The predicted molar refractivity (Wildman–Crippen MR) is 50.9 cm³/mol. The van der Waals surface area contributed by atoms with Gasteiger partial charge < -0.3 is 10.6 Å². The second-order valence-corrected chi connectivity index (χ2v) is 3.37. The van der Waals surface area contributed by atoms with E-state index in [1.165, 1.54) is 0 Å². The second-order valence-electron chi connectivity index (χ2n) is 3.37. The van der Waals surface area contributed by atoms with Gasteiger partial charge in [0.2, 0.25) is 5.91 Å². The maximum Gasteiger partial charge on any atom is 0.240 e. The summed E-state index contributed by atoms with van der Waals surface area (Å²) in [5.74, 6) is -0.0163. The van der Waals surface area contributed by atoms with E-state index >= 15 is 0 Å². The van der Waals surface area contributed by atoms with Gasteiger partial charge in [0.05, 0.1) is 5.54 Å². The lowest BCUT2D eigenvalue weighted by molar-refractivity contribution is -0.126. The quantitative estimate of drug-likeness (QED) is 0.609. The predicted octanol–water partition coefficient (Wildman–Crippen LogP) is 0.675. The van der Waals surface area contributed by atoms with Gasteiger partial charge in [0.25, 0.3) is 0 Å². The van der Waals surface area contributed by atoms with Gasteiger partial charge in [-0.2, -0.15) is 0 Å². The molecule has 12 heavy (non-hydrogen) atoms. The number of hydrogen-bond donors (Lipinski definition) is 2. The number of nitrogens with one attached hydrogen (secondary N) is 2. The molecule has 1 amide bonds. The fraction of sp³-hybridized carbons (Fsp3) is 0.667. The minimum absolute atomic E-state index is 0.0163. The van der Waals surface area contributed by atoms with E-state index < -0.39 is 5.54 Å². The third-order valence-corrected chi connectivity index (χ3v) is 1.90. The van der Waals surface area contributed by atoms with Gasteiger partial charge in [0.1, 0.15) is 0 Å². The molecule has 2 N–H and O–H groups in total. The van der Waals surface area contributed by atoms with Crippen LogP contribution in [0.3, 0.4) is 0 Å². The molecule has 0 saturated carbocycles. The molecule has 0 aromatic rings. The molecule has 0 bridgehead atoms. The zero-order chi connectivity index (χ0) is 9.78. The van der Waals surface area contributed by atoms with Crippen LogP contribution in [0.25, 0.3) is 0 Å². The lowest BCUT2D eigenvalue weighted by Crippen LogP contribution is -2.52. The molecule has 70 valence electrons. The molecular weight excluding hydrogens is 152 g/mol. The minimum atomic E-state index is -0.517. The van der Waals surface area contributed by atoms with Crippen molar-refractivity contribution in [1.29, 1.82) is 0 Å². The zero-order valence-corrected chi connectivity index (χ0v) is 8.27. The molecular formula is C9H18N2O. The summed E-state index contributed by atoms with van der Waals surface area (Å²) in [6, 6.07) is 0.0186. The monoisotopic (exact) mass is 170 g/mol. The Morgan fingerprint density at radius 1 is 1.58 bits per heavy atom. The van der Waals surface area contributed by atoms with Crippen molar-refractivity contribution < 1.29 is 4.79 Å². The van der Waals surface area contributed by atoms with Crippen LogP contribution < -0.4 is 10.6 Å². The molecule has 0 aromatic carbocycles. The summed E-state index contributed by atoms with van der Waals surface area (Å²) in [7, 11) is 1.76. The van der Waals surface area contributed by atoms with Gasteiger partial charge in [-0.15, -0.1) is 6.58 Å². The Bertz CT molecular complexity index is 175. The fourth-order valence-corrected chi connectivity index (χ4v) is 0.560. The van der Waals surface area contributed by atoms with Crippen molar-refractivity contribution in [3.63, 3.8) is 0 Å². The molecule has 0 rings (SSSR count). The molecule has 0 aliphatic carbocycles. The van der Waals surface area contributed by atoms with E-state index in [0.717, 1.165) is 0 Å². The van der Waals surface area contributed by atoms with E-state index in [-0.39, 0.29) is 11.9 Å². The molecule has 3 nitrogen and oxygen atoms in total. The van der Waals surface area contributed by atoms with Crippen molar-refractivity contribution >= 4 is 5.91 Å². The van der Waals surface area contributed by atoms with Crippen molar-refractivity contribution in [3.8, 4) is 0 Å². The Morgan fingerprint density at radius 3 is 2.42 bits per heavy atom. The number of carbonyl (C=O) groups excluding carboxylic acids is 1. The number of likely N-dealkylation sites (N-methyl/N-ethyl adjacent to an activating group) is 1. The molecule has 0 spiro atoms. The molecule has 0 radical (unpaired) electrons. The van der Waals surface area contributed by atoms with E-state index in [1.807, 2.05) is 20.8 Å². The van der Waals surface area contributed by atoms with Crippen LogP contribution in [0.2, 0.25) is 0 Å². The van der Waals surface area contributed by atoms with Crippen molar-refractivity contribution in [3.05, 3.63) is 12.7 Å². The van der Waals surface area contributed by atoms with Gasteiger partial charge in [-0.1, -0.05) is 6.08 Å². The van der Waals surface area contributed by atoms with E-state index in [4.69, 9.17) is 0 Å². The first kappa shape index (κ1) is 11.2. The Kier molecular flexibility index (Phi) is 3.96. The Balaban J connectivity index is 4.12. The Hall–Kier alpha value is -0.830. The van der Waals surface area contributed by atoms with Gasteiger partial charge >= 0.3 is 0 Å². The summed E-state index contributed by atoms with van der Waals surface area (Å²) in [5, 5.41) is 5.73. The third-order valence-electron chi connectivity index (χ3n) is 1.90. The highest BCUT2D eigenvalue weighted by Crippen LogP contribution is 2.00. The normalized spacial score (nSPS) is 13.7. The van der Waals surface area contributed by atoms with E-state index in [1.54, 1.807) is 13.1 Å². The summed E-state index contributed by atoms with van der Waals surface area (Å²) in [5.41, 5.74) is -0.517.